The molecule has 2 amide bonds. The summed E-state index contributed by atoms with van der Waals surface area (Å²) >= 11 is 0. The zero-order chi connectivity index (χ0) is 17.8. The Balaban J connectivity index is 1.95. The van der Waals surface area contributed by atoms with Gasteiger partial charge in [-0.15, -0.1) is 0 Å². The molecule has 0 fully saturated rings. The lowest BCUT2D eigenvalue weighted by Gasteiger charge is -2.13. The summed E-state index contributed by atoms with van der Waals surface area (Å²) < 4.78 is 0. The summed E-state index contributed by atoms with van der Waals surface area (Å²) in [6.45, 7) is 2.40. The fourth-order valence-corrected chi connectivity index (χ4v) is 2.37. The van der Waals surface area contributed by atoms with E-state index in [-0.39, 0.29) is 6.03 Å². The summed E-state index contributed by atoms with van der Waals surface area (Å²) in [6.07, 6.45) is 1.73. The van der Waals surface area contributed by atoms with Crippen LogP contribution in [0, 0.1) is 0 Å². The summed E-state index contributed by atoms with van der Waals surface area (Å²) in [5.41, 5.74) is 3.94. The molecule has 0 bridgehead atoms. The van der Waals surface area contributed by atoms with E-state index in [0.29, 0.717) is 23.5 Å². The number of aromatic nitrogens is 3. The largest absolute Gasteiger partial charge is 0.378 e. The molecule has 0 radical (unpaired) electrons. The van der Waals surface area contributed by atoms with E-state index in [1.807, 2.05) is 50.2 Å². The van der Waals surface area contributed by atoms with Crippen LogP contribution in [-0.2, 0) is 0 Å². The molecule has 0 saturated carbocycles. The number of hydrogen-bond donors (Lipinski definition) is 2. The van der Waals surface area contributed by atoms with Gasteiger partial charge in [0.2, 0.25) is 0 Å². The van der Waals surface area contributed by atoms with Crippen LogP contribution in [0.2, 0.25) is 0 Å². The van der Waals surface area contributed by atoms with E-state index in [1.165, 1.54) is 0 Å². The molecular weight excluding hydrogens is 316 g/mol. The Labute approximate surface area is 146 Å². The third-order valence-electron chi connectivity index (χ3n) is 3.64. The number of carbonyl (C=O) groups is 1. The van der Waals surface area contributed by atoms with Crippen molar-refractivity contribution in [2.75, 3.05) is 30.9 Å². The summed E-state index contributed by atoms with van der Waals surface area (Å²) in [6, 6.07) is 11.3. The van der Waals surface area contributed by atoms with E-state index in [0.717, 1.165) is 16.9 Å². The normalized spacial score (nSPS) is 10.5. The van der Waals surface area contributed by atoms with Crippen LogP contribution >= 0.6 is 0 Å². The van der Waals surface area contributed by atoms with E-state index >= 15 is 0 Å². The molecule has 0 aliphatic heterocycles. The van der Waals surface area contributed by atoms with Crippen LogP contribution in [0.25, 0.3) is 22.4 Å². The van der Waals surface area contributed by atoms with Crippen molar-refractivity contribution in [3.05, 3.63) is 42.6 Å². The number of amides is 2. The average molecular weight is 336 g/mol. The Morgan fingerprint density at radius 3 is 2.76 bits per heavy atom. The van der Waals surface area contributed by atoms with Gasteiger partial charge >= 0.3 is 6.03 Å². The molecule has 0 aliphatic rings. The van der Waals surface area contributed by atoms with E-state index in [2.05, 4.69) is 25.6 Å². The van der Waals surface area contributed by atoms with Gasteiger partial charge in [-0.3, -0.25) is 10.3 Å². The Kier molecular flexibility index (Phi) is 4.74. The maximum absolute atomic E-state index is 11.6. The van der Waals surface area contributed by atoms with Crippen molar-refractivity contribution in [3.63, 3.8) is 0 Å². The molecule has 128 valence electrons. The standard InChI is InChI=1S/C18H20N6O/c1-4-19-18(25)23-16-9-8-14-17(22-16)21-15(11-20-14)12-6-5-7-13(10-12)24(2)3/h5-11H,4H2,1-3H3,(H2,19,21,22,23,25). The molecule has 0 atom stereocenters. The van der Waals surface area contributed by atoms with Crippen LogP contribution < -0.4 is 15.5 Å². The van der Waals surface area contributed by atoms with Gasteiger partial charge in [-0.05, 0) is 31.2 Å². The van der Waals surface area contributed by atoms with Crippen molar-refractivity contribution in [2.45, 2.75) is 6.92 Å². The van der Waals surface area contributed by atoms with Crippen LogP contribution in [0.1, 0.15) is 6.92 Å². The molecule has 3 aromatic rings. The van der Waals surface area contributed by atoms with E-state index in [1.54, 1.807) is 18.3 Å². The minimum Gasteiger partial charge on any atom is -0.378 e. The molecule has 7 heteroatoms. The van der Waals surface area contributed by atoms with Crippen molar-refractivity contribution >= 4 is 28.7 Å². The predicted molar refractivity (Wildman–Crippen MR) is 99.8 cm³/mol. The molecule has 0 unspecified atom stereocenters. The number of anilines is 2. The third kappa shape index (κ3) is 3.82. The van der Waals surface area contributed by atoms with Crippen LogP contribution in [0.3, 0.4) is 0 Å². The number of fused-ring (bicyclic) bond motifs is 1. The zero-order valence-electron chi connectivity index (χ0n) is 14.4. The van der Waals surface area contributed by atoms with E-state index < -0.39 is 0 Å². The highest BCUT2D eigenvalue weighted by atomic mass is 16.2. The van der Waals surface area contributed by atoms with Crippen molar-refractivity contribution in [3.8, 4) is 11.3 Å². The van der Waals surface area contributed by atoms with Crippen molar-refractivity contribution < 1.29 is 4.79 Å². The van der Waals surface area contributed by atoms with Crippen molar-refractivity contribution in [1.82, 2.24) is 20.3 Å². The number of benzene rings is 1. The fraction of sp³-hybridized carbons (Fsp3) is 0.222. The average Bonchev–Trinajstić information content (AvgIpc) is 2.61. The van der Waals surface area contributed by atoms with Gasteiger partial charge in [-0.2, -0.15) is 0 Å². The first-order valence-corrected chi connectivity index (χ1v) is 8.03. The zero-order valence-corrected chi connectivity index (χ0v) is 14.4. The minimum absolute atomic E-state index is 0.294. The van der Waals surface area contributed by atoms with Gasteiger partial charge in [-0.1, -0.05) is 12.1 Å². The highest BCUT2D eigenvalue weighted by molar-refractivity contribution is 5.89. The lowest BCUT2D eigenvalue weighted by molar-refractivity contribution is 0.252. The molecule has 0 aliphatic carbocycles. The predicted octanol–water partition coefficient (Wildman–Crippen LogP) is 2.90. The highest BCUT2D eigenvalue weighted by Gasteiger charge is 2.08. The Hall–Kier alpha value is -3.22. The third-order valence-corrected chi connectivity index (χ3v) is 3.64. The highest BCUT2D eigenvalue weighted by Crippen LogP contribution is 2.23. The molecule has 2 aromatic heterocycles. The first-order chi connectivity index (χ1) is 12.1. The summed E-state index contributed by atoms with van der Waals surface area (Å²) in [7, 11) is 3.98. The van der Waals surface area contributed by atoms with Crippen LogP contribution in [0.4, 0.5) is 16.3 Å². The number of urea groups is 1. The lowest BCUT2D eigenvalue weighted by Crippen LogP contribution is -2.28. The second-order valence-electron chi connectivity index (χ2n) is 5.72. The first-order valence-electron chi connectivity index (χ1n) is 8.03. The molecular formula is C18H20N6O. The van der Waals surface area contributed by atoms with Crippen LogP contribution in [0.15, 0.2) is 42.6 Å². The number of nitrogens with one attached hydrogen (secondary N) is 2. The molecule has 2 heterocycles. The first kappa shape index (κ1) is 16.6. The smallest absolute Gasteiger partial charge is 0.320 e. The number of hydrogen-bond acceptors (Lipinski definition) is 5. The van der Waals surface area contributed by atoms with Crippen molar-refractivity contribution in [2.24, 2.45) is 0 Å². The van der Waals surface area contributed by atoms with Gasteiger partial charge in [0.25, 0.3) is 0 Å². The van der Waals surface area contributed by atoms with E-state index in [9.17, 15) is 4.79 Å². The van der Waals surface area contributed by atoms with Gasteiger partial charge in [0.15, 0.2) is 5.65 Å². The molecule has 0 saturated heterocycles. The number of rotatable bonds is 4. The number of carbonyl (C=O) groups excluding carboxylic acids is 1. The molecule has 25 heavy (non-hydrogen) atoms. The second-order valence-corrected chi connectivity index (χ2v) is 5.72. The molecule has 1 aromatic carbocycles. The maximum atomic E-state index is 11.6. The van der Waals surface area contributed by atoms with Gasteiger partial charge in [0.1, 0.15) is 11.3 Å². The SMILES string of the molecule is CCNC(=O)Nc1ccc2ncc(-c3cccc(N(C)C)c3)nc2n1. The molecule has 0 spiro atoms. The Morgan fingerprint density at radius 1 is 1.16 bits per heavy atom. The molecule has 7 nitrogen and oxygen atoms in total. The topological polar surface area (TPSA) is 83.0 Å². The maximum Gasteiger partial charge on any atom is 0.320 e. The van der Waals surface area contributed by atoms with Gasteiger partial charge in [0.05, 0.1) is 11.9 Å². The summed E-state index contributed by atoms with van der Waals surface area (Å²) in [5.74, 6) is 0.437. The fourth-order valence-electron chi connectivity index (χ4n) is 2.37. The van der Waals surface area contributed by atoms with Gasteiger partial charge in [0, 0.05) is 31.9 Å². The van der Waals surface area contributed by atoms with Crippen molar-refractivity contribution in [1.29, 1.82) is 0 Å². The number of pyridine rings is 1. The second kappa shape index (κ2) is 7.12. The molecule has 2 N–H and O–H groups in total. The molecule has 3 rings (SSSR count). The quantitative estimate of drug-likeness (QED) is 0.765. The Bertz CT molecular complexity index is 909. The minimum atomic E-state index is -0.294. The Morgan fingerprint density at radius 2 is 2.00 bits per heavy atom. The summed E-state index contributed by atoms with van der Waals surface area (Å²) in [5, 5.41) is 5.35. The monoisotopic (exact) mass is 336 g/mol. The van der Waals surface area contributed by atoms with Gasteiger partial charge < -0.3 is 10.2 Å². The summed E-state index contributed by atoms with van der Waals surface area (Å²) in [4.78, 5) is 27.1. The van der Waals surface area contributed by atoms with Gasteiger partial charge in [-0.25, -0.2) is 14.8 Å². The van der Waals surface area contributed by atoms with E-state index in [4.69, 9.17) is 0 Å². The number of nitrogens with zero attached hydrogens (tertiary/aromatic N) is 4. The lowest BCUT2D eigenvalue weighted by atomic mass is 10.1. The van der Waals surface area contributed by atoms with Crippen LogP contribution in [-0.4, -0.2) is 41.6 Å². The van der Waals surface area contributed by atoms with Crippen LogP contribution in [0.5, 0.6) is 0 Å².